The molecular weight excluding hydrogens is 482 g/mol. The van der Waals surface area contributed by atoms with Gasteiger partial charge in [0.1, 0.15) is 0 Å². The monoisotopic (exact) mass is 515 g/mol. The van der Waals surface area contributed by atoms with Crippen LogP contribution in [0.3, 0.4) is 0 Å². The maximum Gasteiger partial charge on any atom is 0.391 e. The van der Waals surface area contributed by atoms with Gasteiger partial charge in [0.2, 0.25) is 0 Å². The first-order chi connectivity index (χ1) is 12.8. The van der Waals surface area contributed by atoms with Gasteiger partial charge >= 0.3 is 6.18 Å². The van der Waals surface area contributed by atoms with Crippen LogP contribution in [0.1, 0.15) is 63.4 Å². The van der Waals surface area contributed by atoms with Gasteiger partial charge in [-0.3, -0.25) is 4.68 Å². The molecule has 5 nitrogen and oxygen atoms in total. The molecule has 1 saturated carbocycles. The first-order valence-electron chi connectivity index (χ1n) is 9.95. The molecule has 162 valence electrons. The van der Waals surface area contributed by atoms with Crippen LogP contribution < -0.4 is 10.6 Å². The average molecular weight is 515 g/mol. The van der Waals surface area contributed by atoms with Crippen molar-refractivity contribution in [3.8, 4) is 0 Å². The summed E-state index contributed by atoms with van der Waals surface area (Å²) in [5, 5.41) is 11.1. The quantitative estimate of drug-likeness (QED) is 0.337. The van der Waals surface area contributed by atoms with Crippen LogP contribution in [0, 0.1) is 5.92 Å². The van der Waals surface area contributed by atoms with Gasteiger partial charge < -0.3 is 10.6 Å². The van der Waals surface area contributed by atoms with Crippen molar-refractivity contribution in [3.05, 3.63) is 17.0 Å². The fraction of sp³-hybridized carbons (Fsp3) is 0.789. The van der Waals surface area contributed by atoms with Gasteiger partial charge in [-0.2, -0.15) is 18.3 Å². The highest BCUT2D eigenvalue weighted by Gasteiger charge is 2.41. The van der Waals surface area contributed by atoms with Gasteiger partial charge in [-0.05, 0) is 45.4 Å². The summed E-state index contributed by atoms with van der Waals surface area (Å²) >= 11 is 0. The van der Waals surface area contributed by atoms with E-state index in [2.05, 4.69) is 29.6 Å². The molecule has 1 aliphatic carbocycles. The van der Waals surface area contributed by atoms with Gasteiger partial charge in [0.25, 0.3) is 0 Å². The summed E-state index contributed by atoms with van der Waals surface area (Å²) in [6, 6.07) is 0.0339. The molecule has 0 spiro atoms. The number of rotatable bonds is 6. The highest BCUT2D eigenvalue weighted by Crippen LogP contribution is 2.37. The molecule has 28 heavy (non-hydrogen) atoms. The molecule has 2 N–H and O–H groups in total. The lowest BCUT2D eigenvalue weighted by molar-refractivity contribution is -0.182. The lowest BCUT2D eigenvalue weighted by Gasteiger charge is -2.31. The van der Waals surface area contributed by atoms with E-state index in [-0.39, 0.29) is 42.9 Å². The number of nitrogens with one attached hydrogen (secondary N) is 2. The Bertz CT molecular complexity index is 634. The summed E-state index contributed by atoms with van der Waals surface area (Å²) in [6.07, 6.45) is -0.934. The lowest BCUT2D eigenvalue weighted by atomic mass is 9.85. The van der Waals surface area contributed by atoms with Gasteiger partial charge in [0.15, 0.2) is 5.96 Å². The predicted molar refractivity (Wildman–Crippen MR) is 117 cm³/mol. The number of aromatic nitrogens is 2. The molecule has 1 aliphatic rings. The molecule has 1 aromatic heterocycles. The summed E-state index contributed by atoms with van der Waals surface area (Å²) < 4.78 is 40.4. The van der Waals surface area contributed by atoms with Crippen LogP contribution in [-0.2, 0) is 26.4 Å². The minimum absolute atomic E-state index is 0. The van der Waals surface area contributed by atoms with E-state index in [0.29, 0.717) is 31.9 Å². The minimum Gasteiger partial charge on any atom is -0.357 e. The third-order valence-corrected chi connectivity index (χ3v) is 5.30. The molecule has 0 atom stereocenters. The zero-order chi connectivity index (χ0) is 20.0. The number of aliphatic imine (C=N–C) groups is 1. The van der Waals surface area contributed by atoms with Gasteiger partial charge in [0, 0.05) is 30.9 Å². The lowest BCUT2D eigenvalue weighted by Crippen LogP contribution is -2.45. The Labute approximate surface area is 183 Å². The van der Waals surface area contributed by atoms with Gasteiger partial charge in [-0.15, -0.1) is 24.0 Å². The van der Waals surface area contributed by atoms with Crippen molar-refractivity contribution in [2.75, 3.05) is 6.54 Å². The second-order valence-corrected chi connectivity index (χ2v) is 7.13. The van der Waals surface area contributed by atoms with Crippen LogP contribution in [0.5, 0.6) is 0 Å². The maximum absolute atomic E-state index is 12.8. The predicted octanol–water partition coefficient (Wildman–Crippen LogP) is 4.34. The van der Waals surface area contributed by atoms with E-state index in [1.165, 1.54) is 5.69 Å². The number of nitrogens with zero attached hydrogens (tertiary/aromatic N) is 3. The molecule has 1 heterocycles. The second kappa shape index (κ2) is 11.3. The molecule has 0 bridgehead atoms. The van der Waals surface area contributed by atoms with Crippen LogP contribution in [-0.4, -0.2) is 34.5 Å². The number of alkyl halides is 3. The fourth-order valence-corrected chi connectivity index (χ4v) is 3.81. The number of halogens is 4. The number of aryl methyl sites for hydroxylation is 2. The SMILES string of the molecule is CCNC(=NCc1c(CC)nn(C)c1CC)NC1CCC(C(F)(F)F)CC1.I. The summed E-state index contributed by atoms with van der Waals surface area (Å²) in [5.74, 6) is -0.495. The van der Waals surface area contributed by atoms with E-state index < -0.39 is 12.1 Å². The first-order valence-corrected chi connectivity index (χ1v) is 9.95. The first kappa shape index (κ1) is 25.0. The Morgan fingerprint density at radius 2 is 1.79 bits per heavy atom. The van der Waals surface area contributed by atoms with Crippen molar-refractivity contribution in [1.82, 2.24) is 20.4 Å². The third-order valence-electron chi connectivity index (χ3n) is 5.30. The van der Waals surface area contributed by atoms with E-state index in [9.17, 15) is 13.2 Å². The topological polar surface area (TPSA) is 54.2 Å². The zero-order valence-corrected chi connectivity index (χ0v) is 19.5. The summed E-state index contributed by atoms with van der Waals surface area (Å²) in [6.45, 7) is 7.39. The van der Waals surface area contributed by atoms with E-state index in [1.807, 2.05) is 18.7 Å². The molecule has 0 aromatic carbocycles. The van der Waals surface area contributed by atoms with Crippen LogP contribution in [0.15, 0.2) is 4.99 Å². The smallest absolute Gasteiger partial charge is 0.357 e. The summed E-state index contributed by atoms with van der Waals surface area (Å²) in [5.41, 5.74) is 3.39. The van der Waals surface area contributed by atoms with Crippen LogP contribution in [0.25, 0.3) is 0 Å². The molecule has 0 radical (unpaired) electrons. The van der Waals surface area contributed by atoms with Crippen molar-refractivity contribution >= 4 is 29.9 Å². The highest BCUT2D eigenvalue weighted by molar-refractivity contribution is 14.0. The third kappa shape index (κ3) is 6.52. The second-order valence-electron chi connectivity index (χ2n) is 7.13. The van der Waals surface area contributed by atoms with Crippen LogP contribution in [0.2, 0.25) is 0 Å². The Balaban J connectivity index is 0.00000392. The Morgan fingerprint density at radius 1 is 1.14 bits per heavy atom. The normalized spacial score (nSPS) is 20.6. The molecule has 0 aliphatic heterocycles. The van der Waals surface area contributed by atoms with Crippen molar-refractivity contribution in [2.45, 2.75) is 78.1 Å². The number of hydrogen-bond donors (Lipinski definition) is 2. The van der Waals surface area contributed by atoms with E-state index in [1.54, 1.807) is 0 Å². The van der Waals surface area contributed by atoms with Crippen molar-refractivity contribution in [1.29, 1.82) is 0 Å². The highest BCUT2D eigenvalue weighted by atomic mass is 127. The average Bonchev–Trinajstić information content (AvgIpc) is 2.94. The molecule has 0 amide bonds. The Morgan fingerprint density at radius 3 is 2.29 bits per heavy atom. The summed E-state index contributed by atoms with van der Waals surface area (Å²) in [7, 11) is 1.95. The van der Waals surface area contributed by atoms with Gasteiger partial charge in [-0.1, -0.05) is 13.8 Å². The minimum atomic E-state index is -4.07. The molecule has 0 saturated heterocycles. The molecule has 9 heteroatoms. The standard InChI is InChI=1S/C19H32F3N5.HI/c1-5-16-15(17(6-2)27(4)26-16)12-24-18(23-7-3)25-14-10-8-13(9-11-14)19(20,21)22;/h13-14H,5-12H2,1-4H3,(H2,23,24,25);1H. The number of hydrogen-bond acceptors (Lipinski definition) is 2. The Hall–Kier alpha value is -1.00. The molecule has 1 fully saturated rings. The Kier molecular flexibility index (Phi) is 10.1. The van der Waals surface area contributed by atoms with E-state index in [4.69, 9.17) is 4.99 Å². The van der Waals surface area contributed by atoms with Crippen molar-refractivity contribution in [3.63, 3.8) is 0 Å². The summed E-state index contributed by atoms with van der Waals surface area (Å²) in [4.78, 5) is 4.70. The number of guanidine groups is 1. The molecule has 1 aromatic rings. The van der Waals surface area contributed by atoms with Gasteiger partial charge in [-0.25, -0.2) is 4.99 Å². The van der Waals surface area contributed by atoms with E-state index >= 15 is 0 Å². The molecule has 0 unspecified atom stereocenters. The van der Waals surface area contributed by atoms with Crippen molar-refractivity contribution in [2.24, 2.45) is 18.0 Å². The van der Waals surface area contributed by atoms with Crippen molar-refractivity contribution < 1.29 is 13.2 Å². The van der Waals surface area contributed by atoms with Crippen LogP contribution >= 0.6 is 24.0 Å². The largest absolute Gasteiger partial charge is 0.391 e. The zero-order valence-electron chi connectivity index (χ0n) is 17.2. The van der Waals surface area contributed by atoms with Gasteiger partial charge in [0.05, 0.1) is 18.2 Å². The van der Waals surface area contributed by atoms with E-state index in [0.717, 1.165) is 24.1 Å². The fourth-order valence-electron chi connectivity index (χ4n) is 3.81. The molecule has 2 rings (SSSR count). The molecular formula is C19H33F3IN5. The van der Waals surface area contributed by atoms with Crippen LogP contribution in [0.4, 0.5) is 13.2 Å². The maximum atomic E-state index is 12.8.